The van der Waals surface area contributed by atoms with E-state index in [2.05, 4.69) is 25.8 Å². The predicted octanol–water partition coefficient (Wildman–Crippen LogP) is 3.42. The fourth-order valence-corrected chi connectivity index (χ4v) is 2.47. The molecule has 0 saturated carbocycles. The summed E-state index contributed by atoms with van der Waals surface area (Å²) < 4.78 is 0. The monoisotopic (exact) mass is 240 g/mol. The Labute approximate surface area is 103 Å². The smallest absolute Gasteiger partial charge is 0.0642 e. The van der Waals surface area contributed by atoms with Crippen LogP contribution < -0.4 is 10.6 Å². The Morgan fingerprint density at radius 1 is 1.31 bits per heavy atom. The molecule has 0 radical (unpaired) electrons. The van der Waals surface area contributed by atoms with E-state index in [0.29, 0.717) is 12.6 Å². The van der Waals surface area contributed by atoms with Gasteiger partial charge in [0.2, 0.25) is 0 Å². The highest BCUT2D eigenvalue weighted by atomic mass is 35.5. The van der Waals surface area contributed by atoms with Crippen molar-refractivity contribution in [1.29, 1.82) is 0 Å². The Hall–Kier alpha value is -0.730. The molecule has 0 atom stereocenters. The van der Waals surface area contributed by atoms with Crippen LogP contribution in [0.15, 0.2) is 18.2 Å². The number of nitrogens with zero attached hydrogens (tertiary/aromatic N) is 1. The third-order valence-corrected chi connectivity index (χ3v) is 3.44. The van der Waals surface area contributed by atoms with E-state index in [-0.39, 0.29) is 0 Å². The second kappa shape index (κ2) is 6.12. The minimum atomic E-state index is 0.519. The average Bonchev–Trinajstić information content (AvgIpc) is 2.29. The Kier molecular flexibility index (Phi) is 5.10. The number of para-hydroxylation sites is 1. The van der Waals surface area contributed by atoms with Gasteiger partial charge in [0, 0.05) is 19.6 Å². The van der Waals surface area contributed by atoms with Crippen LogP contribution in [0.2, 0.25) is 5.02 Å². The number of rotatable bonds is 5. The summed E-state index contributed by atoms with van der Waals surface area (Å²) in [6, 6.07) is 6.44. The number of nitrogens with two attached hydrogens (primary N) is 1. The van der Waals surface area contributed by atoms with Gasteiger partial charge in [-0.1, -0.05) is 37.6 Å². The lowest BCUT2D eigenvalue weighted by atomic mass is 10.1. The van der Waals surface area contributed by atoms with E-state index in [1.54, 1.807) is 0 Å². The van der Waals surface area contributed by atoms with Gasteiger partial charge in [-0.3, -0.25) is 0 Å². The molecule has 16 heavy (non-hydrogen) atoms. The zero-order valence-corrected chi connectivity index (χ0v) is 11.1. The highest BCUT2D eigenvalue weighted by Crippen LogP contribution is 2.31. The highest BCUT2D eigenvalue weighted by molar-refractivity contribution is 6.33. The van der Waals surface area contributed by atoms with Crippen molar-refractivity contribution in [2.75, 3.05) is 11.9 Å². The summed E-state index contributed by atoms with van der Waals surface area (Å²) in [6.45, 7) is 4.92. The zero-order valence-electron chi connectivity index (χ0n) is 10.3. The number of hydrogen-bond donors (Lipinski definition) is 1. The van der Waals surface area contributed by atoms with Crippen LogP contribution in [0.25, 0.3) is 0 Å². The van der Waals surface area contributed by atoms with Crippen LogP contribution in [0.5, 0.6) is 0 Å². The first kappa shape index (κ1) is 13.3. The first-order valence-electron chi connectivity index (χ1n) is 5.85. The van der Waals surface area contributed by atoms with E-state index in [9.17, 15) is 0 Å². The molecule has 2 N–H and O–H groups in total. The van der Waals surface area contributed by atoms with Crippen LogP contribution in [-0.4, -0.2) is 13.1 Å². The molecule has 0 unspecified atom stereocenters. The van der Waals surface area contributed by atoms with Gasteiger partial charge in [0.25, 0.3) is 0 Å². The molecular weight excluding hydrogens is 220 g/mol. The lowest BCUT2D eigenvalue weighted by molar-refractivity contribution is 0.590. The maximum absolute atomic E-state index is 6.26. The van der Waals surface area contributed by atoms with Gasteiger partial charge in [-0.15, -0.1) is 0 Å². The number of hydrogen-bond acceptors (Lipinski definition) is 2. The van der Waals surface area contributed by atoms with Gasteiger partial charge in [0.15, 0.2) is 0 Å². The summed E-state index contributed by atoms with van der Waals surface area (Å²) in [4.78, 5) is 2.25. The molecule has 0 aliphatic heterocycles. The van der Waals surface area contributed by atoms with Crippen LogP contribution >= 0.6 is 11.6 Å². The molecule has 1 rings (SSSR count). The second-order valence-electron chi connectivity index (χ2n) is 4.03. The van der Waals surface area contributed by atoms with Gasteiger partial charge in [0.05, 0.1) is 10.7 Å². The molecule has 0 bridgehead atoms. The summed E-state index contributed by atoms with van der Waals surface area (Å²) in [6.07, 6.45) is 2.23. The van der Waals surface area contributed by atoms with Crippen molar-refractivity contribution >= 4 is 17.3 Å². The summed E-state index contributed by atoms with van der Waals surface area (Å²) in [5.41, 5.74) is 7.95. The molecule has 0 aliphatic carbocycles. The van der Waals surface area contributed by atoms with Crippen molar-refractivity contribution in [2.24, 2.45) is 5.73 Å². The maximum Gasteiger partial charge on any atom is 0.0642 e. The lowest BCUT2D eigenvalue weighted by Gasteiger charge is -2.31. The number of benzene rings is 1. The van der Waals surface area contributed by atoms with Crippen molar-refractivity contribution in [3.8, 4) is 0 Å². The SMILES string of the molecule is CCC(CC)N(C)c1c(Cl)cccc1CN. The summed E-state index contributed by atoms with van der Waals surface area (Å²) in [5, 5.41) is 0.789. The number of halogens is 1. The molecular formula is C13H21ClN2. The van der Waals surface area contributed by atoms with Crippen molar-refractivity contribution in [1.82, 2.24) is 0 Å². The Morgan fingerprint density at radius 2 is 1.94 bits per heavy atom. The molecule has 2 nitrogen and oxygen atoms in total. The normalized spacial score (nSPS) is 10.9. The molecule has 1 aromatic carbocycles. The molecule has 0 amide bonds. The van der Waals surface area contributed by atoms with Gasteiger partial charge in [-0.05, 0) is 24.5 Å². The van der Waals surface area contributed by atoms with Crippen molar-refractivity contribution in [3.63, 3.8) is 0 Å². The van der Waals surface area contributed by atoms with Crippen molar-refractivity contribution in [3.05, 3.63) is 28.8 Å². The molecule has 3 heteroatoms. The van der Waals surface area contributed by atoms with E-state index in [1.165, 1.54) is 0 Å². The Bertz CT molecular complexity index is 335. The van der Waals surface area contributed by atoms with Crippen LogP contribution in [0, 0.1) is 0 Å². The molecule has 0 fully saturated rings. The van der Waals surface area contributed by atoms with Crippen LogP contribution in [0.1, 0.15) is 32.3 Å². The van der Waals surface area contributed by atoms with Gasteiger partial charge < -0.3 is 10.6 Å². The molecule has 0 spiro atoms. The standard InChI is InChI=1S/C13H21ClN2/c1-4-11(5-2)16(3)13-10(9-15)7-6-8-12(13)14/h6-8,11H,4-5,9,15H2,1-3H3. The summed E-state index contributed by atoms with van der Waals surface area (Å²) in [5.74, 6) is 0. The number of anilines is 1. The topological polar surface area (TPSA) is 29.3 Å². The van der Waals surface area contributed by atoms with Crippen LogP contribution in [0.4, 0.5) is 5.69 Å². The quantitative estimate of drug-likeness (QED) is 0.855. The van der Waals surface area contributed by atoms with Crippen LogP contribution in [-0.2, 0) is 6.54 Å². The van der Waals surface area contributed by atoms with Gasteiger partial charge in [-0.2, -0.15) is 0 Å². The zero-order chi connectivity index (χ0) is 12.1. The Morgan fingerprint density at radius 3 is 2.44 bits per heavy atom. The van der Waals surface area contributed by atoms with Gasteiger partial charge in [0.1, 0.15) is 0 Å². The fraction of sp³-hybridized carbons (Fsp3) is 0.538. The summed E-state index contributed by atoms with van der Waals surface area (Å²) >= 11 is 6.26. The molecule has 0 aliphatic rings. The maximum atomic E-state index is 6.26. The molecule has 90 valence electrons. The molecule has 0 aromatic heterocycles. The molecule has 0 heterocycles. The fourth-order valence-electron chi connectivity index (χ4n) is 2.14. The van der Waals surface area contributed by atoms with Crippen LogP contribution in [0.3, 0.4) is 0 Å². The van der Waals surface area contributed by atoms with E-state index in [4.69, 9.17) is 17.3 Å². The van der Waals surface area contributed by atoms with Crippen molar-refractivity contribution in [2.45, 2.75) is 39.3 Å². The van der Waals surface area contributed by atoms with E-state index in [0.717, 1.165) is 29.1 Å². The molecule has 0 saturated heterocycles. The minimum Gasteiger partial charge on any atom is -0.370 e. The van der Waals surface area contributed by atoms with Gasteiger partial charge >= 0.3 is 0 Å². The third kappa shape index (κ3) is 2.69. The minimum absolute atomic E-state index is 0.519. The van der Waals surface area contributed by atoms with E-state index >= 15 is 0 Å². The van der Waals surface area contributed by atoms with Gasteiger partial charge in [-0.25, -0.2) is 0 Å². The summed E-state index contributed by atoms with van der Waals surface area (Å²) in [7, 11) is 2.10. The first-order chi connectivity index (χ1) is 7.65. The first-order valence-corrected chi connectivity index (χ1v) is 6.23. The second-order valence-corrected chi connectivity index (χ2v) is 4.44. The Balaban J connectivity index is 3.10. The van der Waals surface area contributed by atoms with E-state index in [1.807, 2.05) is 18.2 Å². The average molecular weight is 241 g/mol. The van der Waals surface area contributed by atoms with E-state index < -0.39 is 0 Å². The van der Waals surface area contributed by atoms with Crippen molar-refractivity contribution < 1.29 is 0 Å². The largest absolute Gasteiger partial charge is 0.370 e. The third-order valence-electron chi connectivity index (χ3n) is 3.13. The lowest BCUT2D eigenvalue weighted by Crippen LogP contribution is -2.31. The highest BCUT2D eigenvalue weighted by Gasteiger charge is 2.16. The predicted molar refractivity (Wildman–Crippen MR) is 72.1 cm³/mol. The molecule has 1 aromatic rings.